The minimum atomic E-state index is -0.362. The Labute approximate surface area is 113 Å². The second-order valence-electron chi connectivity index (χ2n) is 6.66. The largest absolute Gasteiger partial charge is 0.523 e. The molecular formula is C15H19N3O. The van der Waals surface area contributed by atoms with Gasteiger partial charge in [-0.1, -0.05) is 20.8 Å². The molecule has 0 unspecified atom stereocenters. The lowest BCUT2D eigenvalue weighted by molar-refractivity contribution is 0.0901. The minimum Gasteiger partial charge on any atom is -0.523 e. The van der Waals surface area contributed by atoms with E-state index < -0.39 is 0 Å². The van der Waals surface area contributed by atoms with Gasteiger partial charge < -0.3 is 5.11 Å². The number of aryl methyl sites for hydroxylation is 1. The predicted molar refractivity (Wildman–Crippen MR) is 72.4 cm³/mol. The molecule has 0 amide bonds. The first-order chi connectivity index (χ1) is 8.80. The van der Waals surface area contributed by atoms with Crippen LogP contribution in [0.5, 0.6) is 0 Å². The summed E-state index contributed by atoms with van der Waals surface area (Å²) in [6.07, 6.45) is 3.60. The monoisotopic (exact) mass is 257 g/mol. The molecule has 0 aliphatic heterocycles. The van der Waals surface area contributed by atoms with Crippen molar-refractivity contribution in [3.63, 3.8) is 0 Å². The van der Waals surface area contributed by atoms with E-state index in [4.69, 9.17) is 6.57 Å². The summed E-state index contributed by atoms with van der Waals surface area (Å²) >= 11 is 0. The van der Waals surface area contributed by atoms with Gasteiger partial charge in [0.1, 0.15) is 5.76 Å². The SMILES string of the molecule is [C-]#[N+]C1=C(O)C(C)(C)[C@@H]2Cc3cn(C)nc3[C@@]2(C)C1. The Morgan fingerprint density at radius 3 is 2.79 bits per heavy atom. The quantitative estimate of drug-likeness (QED) is 0.726. The van der Waals surface area contributed by atoms with Gasteiger partial charge in [0.15, 0.2) is 0 Å². The summed E-state index contributed by atoms with van der Waals surface area (Å²) in [5, 5.41) is 15.0. The zero-order valence-electron chi connectivity index (χ0n) is 11.9. The summed E-state index contributed by atoms with van der Waals surface area (Å²) in [5.41, 5.74) is 2.39. The third kappa shape index (κ3) is 1.36. The Balaban J connectivity index is 2.20. The smallest absolute Gasteiger partial charge is 0.203 e. The number of hydrogen-bond donors (Lipinski definition) is 1. The van der Waals surface area contributed by atoms with Gasteiger partial charge in [-0.2, -0.15) is 5.10 Å². The van der Waals surface area contributed by atoms with Crippen molar-refractivity contribution in [2.45, 2.75) is 39.0 Å². The van der Waals surface area contributed by atoms with Gasteiger partial charge in [-0.25, -0.2) is 4.85 Å². The third-order valence-electron chi connectivity index (χ3n) is 5.06. The van der Waals surface area contributed by atoms with Gasteiger partial charge >= 0.3 is 0 Å². The number of nitrogens with zero attached hydrogens (tertiary/aromatic N) is 3. The molecule has 0 bridgehead atoms. The highest BCUT2D eigenvalue weighted by Gasteiger charge is 2.56. The van der Waals surface area contributed by atoms with Crippen LogP contribution in [0.1, 0.15) is 38.4 Å². The lowest BCUT2D eigenvalue weighted by Crippen LogP contribution is -2.44. The van der Waals surface area contributed by atoms with Crippen molar-refractivity contribution in [1.82, 2.24) is 9.78 Å². The Kier molecular flexibility index (Phi) is 2.21. The van der Waals surface area contributed by atoms with Crippen molar-refractivity contribution in [1.29, 1.82) is 0 Å². The van der Waals surface area contributed by atoms with E-state index in [1.54, 1.807) is 0 Å². The predicted octanol–water partition coefficient (Wildman–Crippen LogP) is 2.97. The van der Waals surface area contributed by atoms with Crippen LogP contribution in [0.3, 0.4) is 0 Å². The van der Waals surface area contributed by atoms with Crippen LogP contribution in [-0.2, 0) is 18.9 Å². The molecule has 0 saturated heterocycles. The summed E-state index contributed by atoms with van der Waals surface area (Å²) < 4.78 is 1.86. The topological polar surface area (TPSA) is 42.4 Å². The van der Waals surface area contributed by atoms with Crippen LogP contribution in [0.25, 0.3) is 4.85 Å². The van der Waals surface area contributed by atoms with Crippen LogP contribution in [0.4, 0.5) is 0 Å². The van der Waals surface area contributed by atoms with Crippen molar-refractivity contribution < 1.29 is 5.11 Å². The van der Waals surface area contributed by atoms with Crippen LogP contribution >= 0.6 is 0 Å². The number of rotatable bonds is 0. The molecule has 1 aromatic heterocycles. The molecule has 2 atom stereocenters. The fourth-order valence-electron chi connectivity index (χ4n) is 4.10. The van der Waals surface area contributed by atoms with E-state index in [1.807, 2.05) is 25.6 Å². The van der Waals surface area contributed by atoms with Crippen LogP contribution in [-0.4, -0.2) is 14.9 Å². The molecule has 0 spiro atoms. The highest BCUT2D eigenvalue weighted by Crippen LogP contribution is 2.59. The second kappa shape index (κ2) is 3.41. The van der Waals surface area contributed by atoms with Gasteiger partial charge in [-0.3, -0.25) is 4.68 Å². The number of aromatic nitrogens is 2. The lowest BCUT2D eigenvalue weighted by Gasteiger charge is -2.46. The molecule has 0 fully saturated rings. The molecule has 4 heteroatoms. The van der Waals surface area contributed by atoms with Crippen molar-refractivity contribution in [2.24, 2.45) is 18.4 Å². The molecule has 0 saturated carbocycles. The summed E-state index contributed by atoms with van der Waals surface area (Å²) in [7, 11) is 1.94. The first kappa shape index (κ1) is 12.3. The number of allylic oxidation sites excluding steroid dienone is 2. The molecule has 0 aromatic carbocycles. The normalized spacial score (nSPS) is 31.8. The van der Waals surface area contributed by atoms with Crippen molar-refractivity contribution >= 4 is 0 Å². The van der Waals surface area contributed by atoms with E-state index in [0.29, 0.717) is 18.0 Å². The van der Waals surface area contributed by atoms with Gasteiger partial charge in [0.2, 0.25) is 5.70 Å². The van der Waals surface area contributed by atoms with E-state index >= 15 is 0 Å². The summed E-state index contributed by atoms with van der Waals surface area (Å²) in [6, 6.07) is 0. The minimum absolute atomic E-state index is 0.133. The van der Waals surface area contributed by atoms with Gasteiger partial charge in [0, 0.05) is 24.1 Å². The van der Waals surface area contributed by atoms with Crippen LogP contribution in [0, 0.1) is 17.9 Å². The van der Waals surface area contributed by atoms with Gasteiger partial charge in [-0.05, 0) is 24.3 Å². The molecule has 2 aliphatic rings. The zero-order chi connectivity index (χ0) is 14.0. The average molecular weight is 257 g/mol. The number of fused-ring (bicyclic) bond motifs is 3. The molecule has 2 aliphatic carbocycles. The molecule has 4 nitrogen and oxygen atoms in total. The number of aliphatic hydroxyl groups is 1. The zero-order valence-corrected chi connectivity index (χ0v) is 11.9. The lowest BCUT2D eigenvalue weighted by atomic mass is 9.59. The van der Waals surface area contributed by atoms with Gasteiger partial charge in [-0.15, -0.1) is 0 Å². The average Bonchev–Trinajstić information content (AvgIpc) is 2.82. The second-order valence-corrected chi connectivity index (χ2v) is 6.66. The van der Waals surface area contributed by atoms with E-state index in [0.717, 1.165) is 12.1 Å². The highest BCUT2D eigenvalue weighted by molar-refractivity contribution is 5.42. The Morgan fingerprint density at radius 2 is 2.16 bits per heavy atom. The summed E-state index contributed by atoms with van der Waals surface area (Å²) in [4.78, 5) is 3.55. The summed E-state index contributed by atoms with van der Waals surface area (Å²) in [6.45, 7) is 13.6. The Bertz CT molecular complexity index is 632. The number of aliphatic hydroxyl groups excluding tert-OH is 1. The standard InChI is InChI=1S/C15H19N3O/c1-14(2)11-6-9-8-18(5)17-12(9)15(11,3)7-10(16-4)13(14)19/h8,11,19H,6-7H2,1-3,5H3/t11-,15-/m0/s1. The molecule has 3 rings (SSSR count). The number of hydrogen-bond acceptors (Lipinski definition) is 2. The fourth-order valence-corrected chi connectivity index (χ4v) is 4.10. The van der Waals surface area contributed by atoms with E-state index in [2.05, 4.69) is 23.1 Å². The Hall–Kier alpha value is -1.76. The molecule has 0 radical (unpaired) electrons. The fraction of sp³-hybridized carbons (Fsp3) is 0.600. The Morgan fingerprint density at radius 1 is 1.47 bits per heavy atom. The van der Waals surface area contributed by atoms with Crippen molar-refractivity contribution in [3.05, 3.63) is 40.3 Å². The molecule has 19 heavy (non-hydrogen) atoms. The molecule has 1 aromatic rings. The molecule has 100 valence electrons. The van der Waals surface area contributed by atoms with Crippen molar-refractivity contribution in [3.8, 4) is 0 Å². The van der Waals surface area contributed by atoms with Crippen LogP contribution in [0.2, 0.25) is 0 Å². The maximum absolute atomic E-state index is 10.4. The maximum Gasteiger partial charge on any atom is 0.203 e. The van der Waals surface area contributed by atoms with E-state index in [9.17, 15) is 5.11 Å². The van der Waals surface area contributed by atoms with E-state index in [-0.39, 0.29) is 16.6 Å². The van der Waals surface area contributed by atoms with Crippen molar-refractivity contribution in [2.75, 3.05) is 0 Å². The van der Waals surface area contributed by atoms with E-state index in [1.165, 1.54) is 5.56 Å². The molecule has 1 heterocycles. The third-order valence-corrected chi connectivity index (χ3v) is 5.06. The molecule has 1 N–H and O–H groups in total. The van der Waals surface area contributed by atoms with Crippen LogP contribution < -0.4 is 0 Å². The molecular weight excluding hydrogens is 238 g/mol. The highest BCUT2D eigenvalue weighted by atomic mass is 16.3. The first-order valence-corrected chi connectivity index (χ1v) is 6.63. The first-order valence-electron chi connectivity index (χ1n) is 6.63. The van der Waals surface area contributed by atoms with Gasteiger partial charge in [0.25, 0.3) is 0 Å². The van der Waals surface area contributed by atoms with Gasteiger partial charge in [0.05, 0.1) is 12.3 Å². The summed E-state index contributed by atoms with van der Waals surface area (Å²) in [5.74, 6) is 0.587. The maximum atomic E-state index is 10.4. The van der Waals surface area contributed by atoms with Crippen LogP contribution in [0.15, 0.2) is 17.7 Å².